The molecule has 2 aromatic heterocycles. The summed E-state index contributed by atoms with van der Waals surface area (Å²) in [4.78, 5) is 13.9. The van der Waals surface area contributed by atoms with Gasteiger partial charge in [0, 0.05) is 16.5 Å². The first-order chi connectivity index (χ1) is 14.5. The van der Waals surface area contributed by atoms with Crippen LogP contribution in [0.5, 0.6) is 0 Å². The Balaban J connectivity index is 1.90. The summed E-state index contributed by atoms with van der Waals surface area (Å²) < 4.78 is 3.89. The van der Waals surface area contributed by atoms with Crippen molar-refractivity contribution in [3.63, 3.8) is 0 Å². The lowest BCUT2D eigenvalue weighted by Gasteiger charge is -2.34. The predicted molar refractivity (Wildman–Crippen MR) is 121 cm³/mol. The van der Waals surface area contributed by atoms with Gasteiger partial charge in [0.25, 0.3) is 5.56 Å². The van der Waals surface area contributed by atoms with E-state index >= 15 is 0 Å². The van der Waals surface area contributed by atoms with Crippen molar-refractivity contribution in [1.82, 2.24) is 19.2 Å². The predicted octanol–water partition coefficient (Wildman–Crippen LogP) is 4.55. The molecule has 2 aromatic carbocycles. The zero-order valence-corrected chi connectivity index (χ0v) is 18.2. The molecule has 5 nitrogen and oxygen atoms in total. The van der Waals surface area contributed by atoms with Crippen molar-refractivity contribution in [2.75, 3.05) is 5.75 Å². The van der Waals surface area contributed by atoms with Crippen molar-refractivity contribution >= 4 is 17.5 Å². The lowest BCUT2D eigenvalue weighted by molar-refractivity contribution is 0.498. The third kappa shape index (κ3) is 2.89. The van der Waals surface area contributed by atoms with Crippen LogP contribution >= 0.6 is 11.8 Å². The molecule has 0 fully saturated rings. The fourth-order valence-corrected chi connectivity index (χ4v) is 5.20. The van der Waals surface area contributed by atoms with Gasteiger partial charge in [0.05, 0.1) is 12.2 Å². The highest BCUT2D eigenvalue weighted by atomic mass is 32.2. The van der Waals surface area contributed by atoms with Gasteiger partial charge in [-0.2, -0.15) is 0 Å². The molecule has 0 amide bonds. The number of aromatic nitrogens is 4. The number of hydrogen-bond acceptors (Lipinski definition) is 4. The van der Waals surface area contributed by atoms with Crippen LogP contribution in [0.4, 0.5) is 0 Å². The van der Waals surface area contributed by atoms with Gasteiger partial charge in [0.1, 0.15) is 0 Å². The van der Waals surface area contributed by atoms with E-state index < -0.39 is 0 Å². The SMILES string of the molecule is CCSc1nnc2n(Cc3ccccc3)c(=O)c3c(n12)-c1ccccc1CC3(C)C. The van der Waals surface area contributed by atoms with Crippen LogP contribution in [-0.2, 0) is 18.4 Å². The molecule has 0 bridgehead atoms. The van der Waals surface area contributed by atoms with Gasteiger partial charge in [0.15, 0.2) is 5.16 Å². The van der Waals surface area contributed by atoms with Crippen LogP contribution in [-0.4, -0.2) is 24.9 Å². The molecule has 4 aromatic rings. The molecule has 30 heavy (non-hydrogen) atoms. The Hall–Kier alpha value is -2.86. The minimum Gasteiger partial charge on any atom is -0.272 e. The first-order valence-electron chi connectivity index (χ1n) is 10.3. The van der Waals surface area contributed by atoms with Gasteiger partial charge in [-0.15, -0.1) is 10.2 Å². The van der Waals surface area contributed by atoms with Gasteiger partial charge in [-0.25, -0.2) is 0 Å². The zero-order chi connectivity index (χ0) is 20.9. The average molecular weight is 417 g/mol. The second-order valence-corrected chi connectivity index (χ2v) is 9.60. The number of benzene rings is 2. The van der Waals surface area contributed by atoms with Crippen LogP contribution in [0, 0.1) is 0 Å². The number of nitrogens with zero attached hydrogens (tertiary/aromatic N) is 4. The molecule has 6 heteroatoms. The molecule has 1 aliphatic carbocycles. The standard InChI is InChI=1S/C24H24N4OS/c1-4-30-23-26-25-22-27(15-16-10-6-5-7-11-16)21(29)19-20(28(22)23)18-13-9-8-12-17(18)14-24(19,2)3/h5-13H,4,14-15H2,1-3H3. The highest BCUT2D eigenvalue weighted by Crippen LogP contribution is 2.42. The lowest BCUT2D eigenvalue weighted by atomic mass is 9.72. The summed E-state index contributed by atoms with van der Waals surface area (Å²) in [6.07, 6.45) is 0.834. The maximum absolute atomic E-state index is 13.9. The van der Waals surface area contributed by atoms with Crippen LogP contribution < -0.4 is 5.56 Å². The van der Waals surface area contributed by atoms with Crippen LogP contribution in [0.1, 0.15) is 37.5 Å². The first kappa shape index (κ1) is 19.1. The molecule has 0 unspecified atom stereocenters. The Morgan fingerprint density at radius 1 is 1.03 bits per heavy atom. The minimum absolute atomic E-state index is 0.0290. The third-order valence-corrected chi connectivity index (χ3v) is 6.63. The van der Waals surface area contributed by atoms with Gasteiger partial charge < -0.3 is 0 Å². The summed E-state index contributed by atoms with van der Waals surface area (Å²) in [5.41, 5.74) is 4.99. The molecule has 0 spiro atoms. The molecule has 0 radical (unpaired) electrons. The number of thioether (sulfide) groups is 1. The molecule has 152 valence electrons. The monoisotopic (exact) mass is 416 g/mol. The maximum Gasteiger partial charge on any atom is 0.259 e. The minimum atomic E-state index is -0.286. The zero-order valence-electron chi connectivity index (χ0n) is 17.4. The van der Waals surface area contributed by atoms with Gasteiger partial charge in [0.2, 0.25) is 5.78 Å². The van der Waals surface area contributed by atoms with Crippen molar-refractivity contribution in [2.45, 2.75) is 44.3 Å². The van der Waals surface area contributed by atoms with E-state index in [1.54, 1.807) is 16.3 Å². The molecular formula is C24H24N4OS. The van der Waals surface area contributed by atoms with Gasteiger partial charge in [-0.3, -0.25) is 13.8 Å². The van der Waals surface area contributed by atoms with Crippen LogP contribution in [0.3, 0.4) is 0 Å². The molecule has 1 aliphatic rings. The van der Waals surface area contributed by atoms with Crippen molar-refractivity contribution in [2.24, 2.45) is 0 Å². The molecule has 2 heterocycles. The van der Waals surface area contributed by atoms with Crippen LogP contribution in [0.2, 0.25) is 0 Å². The fraction of sp³-hybridized carbons (Fsp3) is 0.292. The van der Waals surface area contributed by atoms with Crippen molar-refractivity contribution in [3.05, 3.63) is 81.6 Å². The summed E-state index contributed by atoms with van der Waals surface area (Å²) in [6, 6.07) is 18.5. The topological polar surface area (TPSA) is 52.2 Å². The molecule has 0 aliphatic heterocycles. The normalized spacial score (nSPS) is 14.5. The number of fused-ring (bicyclic) bond motifs is 5. The second kappa shape index (κ2) is 7.13. The van der Waals surface area contributed by atoms with E-state index in [2.05, 4.69) is 53.6 Å². The van der Waals surface area contributed by atoms with E-state index in [-0.39, 0.29) is 11.0 Å². The van der Waals surface area contributed by atoms with Gasteiger partial charge in [-0.1, -0.05) is 87.1 Å². The van der Waals surface area contributed by atoms with E-state index in [1.165, 1.54) is 5.56 Å². The van der Waals surface area contributed by atoms with E-state index in [0.717, 1.165) is 39.7 Å². The summed E-state index contributed by atoms with van der Waals surface area (Å²) in [6.45, 7) is 6.91. The largest absolute Gasteiger partial charge is 0.272 e. The second-order valence-electron chi connectivity index (χ2n) is 8.37. The van der Waals surface area contributed by atoms with Crippen molar-refractivity contribution in [3.8, 4) is 11.3 Å². The molecular weight excluding hydrogens is 392 g/mol. The Morgan fingerprint density at radius 3 is 2.53 bits per heavy atom. The highest BCUT2D eigenvalue weighted by molar-refractivity contribution is 7.99. The smallest absolute Gasteiger partial charge is 0.259 e. The fourth-order valence-electron chi connectivity index (χ4n) is 4.54. The van der Waals surface area contributed by atoms with Crippen molar-refractivity contribution < 1.29 is 0 Å². The Bertz CT molecular complexity index is 1300. The molecule has 0 atom stereocenters. The first-order valence-corrected chi connectivity index (χ1v) is 11.3. The molecule has 5 rings (SSSR count). The molecule has 0 saturated carbocycles. The summed E-state index contributed by atoms with van der Waals surface area (Å²) in [5.74, 6) is 1.49. The van der Waals surface area contributed by atoms with E-state index in [9.17, 15) is 4.79 Å². The Kier molecular flexibility index (Phi) is 4.54. The van der Waals surface area contributed by atoms with Crippen LogP contribution in [0.25, 0.3) is 17.0 Å². The lowest BCUT2D eigenvalue weighted by Crippen LogP contribution is -2.39. The quantitative estimate of drug-likeness (QED) is 0.458. The van der Waals surface area contributed by atoms with E-state index in [0.29, 0.717) is 12.3 Å². The van der Waals surface area contributed by atoms with Gasteiger partial charge in [-0.05, 0) is 23.3 Å². The Labute approximate surface area is 179 Å². The highest BCUT2D eigenvalue weighted by Gasteiger charge is 2.37. The summed E-state index contributed by atoms with van der Waals surface area (Å²) in [5, 5.41) is 9.78. The van der Waals surface area contributed by atoms with Crippen molar-refractivity contribution in [1.29, 1.82) is 0 Å². The van der Waals surface area contributed by atoms with E-state index in [1.807, 2.05) is 36.4 Å². The Morgan fingerprint density at radius 2 is 1.77 bits per heavy atom. The summed E-state index contributed by atoms with van der Waals surface area (Å²) in [7, 11) is 0. The van der Waals surface area contributed by atoms with E-state index in [4.69, 9.17) is 0 Å². The number of rotatable bonds is 4. The van der Waals surface area contributed by atoms with Gasteiger partial charge >= 0.3 is 0 Å². The third-order valence-electron chi connectivity index (χ3n) is 5.82. The summed E-state index contributed by atoms with van der Waals surface area (Å²) >= 11 is 1.65. The maximum atomic E-state index is 13.9. The molecule has 0 N–H and O–H groups in total. The average Bonchev–Trinajstić information content (AvgIpc) is 3.14. The number of hydrogen-bond donors (Lipinski definition) is 0. The molecule has 0 saturated heterocycles. The van der Waals surface area contributed by atoms with Crippen LogP contribution in [0.15, 0.2) is 64.5 Å².